The van der Waals surface area contributed by atoms with Crippen molar-refractivity contribution in [3.05, 3.63) is 71.8 Å². The summed E-state index contributed by atoms with van der Waals surface area (Å²) >= 11 is 0. The monoisotopic (exact) mass is 293 g/mol. The van der Waals surface area contributed by atoms with E-state index in [1.54, 1.807) is 6.07 Å². The molecule has 0 aliphatic rings. The van der Waals surface area contributed by atoms with Gasteiger partial charge in [0.15, 0.2) is 0 Å². The first-order chi connectivity index (χ1) is 10.7. The number of hydrogen-bond donors (Lipinski definition) is 1. The predicted octanol–water partition coefficient (Wildman–Crippen LogP) is 3.55. The fourth-order valence-corrected chi connectivity index (χ4v) is 2.27. The zero-order chi connectivity index (χ0) is 15.4. The summed E-state index contributed by atoms with van der Waals surface area (Å²) in [5.74, 6) is -0.866. The maximum atomic E-state index is 11.4. The van der Waals surface area contributed by atoms with Crippen molar-refractivity contribution in [2.45, 2.75) is 6.42 Å². The molecular formula is C18H15NO3. The molecule has 0 fully saturated rings. The summed E-state index contributed by atoms with van der Waals surface area (Å²) < 4.78 is 5.62. The highest BCUT2D eigenvalue weighted by Gasteiger charge is 2.14. The fourth-order valence-electron chi connectivity index (χ4n) is 2.27. The maximum absolute atomic E-state index is 11.4. The van der Waals surface area contributed by atoms with Crippen LogP contribution >= 0.6 is 0 Å². The lowest BCUT2D eigenvalue weighted by Gasteiger charge is -2.09. The number of ether oxygens (including phenoxy) is 1. The Morgan fingerprint density at radius 3 is 2.55 bits per heavy atom. The molecule has 1 heterocycles. The molecule has 3 rings (SSSR count). The number of pyridine rings is 1. The highest BCUT2D eigenvalue weighted by atomic mass is 16.5. The van der Waals surface area contributed by atoms with Gasteiger partial charge in [-0.15, -0.1) is 0 Å². The lowest BCUT2D eigenvalue weighted by molar-refractivity contribution is 0.0691. The van der Waals surface area contributed by atoms with Crippen LogP contribution in [0.2, 0.25) is 0 Å². The Hall–Kier alpha value is -2.88. The predicted molar refractivity (Wildman–Crippen MR) is 84.3 cm³/mol. The summed E-state index contributed by atoms with van der Waals surface area (Å²) in [6.07, 6.45) is 0.703. The van der Waals surface area contributed by atoms with Gasteiger partial charge in [-0.25, -0.2) is 9.78 Å². The first-order valence-electron chi connectivity index (χ1n) is 7.04. The molecule has 0 spiro atoms. The van der Waals surface area contributed by atoms with Crippen LogP contribution in [-0.2, 0) is 6.42 Å². The molecule has 110 valence electrons. The van der Waals surface area contributed by atoms with Gasteiger partial charge >= 0.3 is 5.97 Å². The van der Waals surface area contributed by atoms with Gasteiger partial charge in [0.25, 0.3) is 0 Å². The van der Waals surface area contributed by atoms with Crippen molar-refractivity contribution < 1.29 is 14.6 Å². The first-order valence-corrected chi connectivity index (χ1v) is 7.04. The average Bonchev–Trinajstić information content (AvgIpc) is 2.55. The van der Waals surface area contributed by atoms with Gasteiger partial charge in [-0.3, -0.25) is 0 Å². The van der Waals surface area contributed by atoms with Crippen LogP contribution in [0.5, 0.6) is 5.88 Å². The number of aromatic nitrogens is 1. The van der Waals surface area contributed by atoms with Crippen LogP contribution in [0.4, 0.5) is 0 Å². The molecule has 0 saturated heterocycles. The summed E-state index contributed by atoms with van der Waals surface area (Å²) in [6.45, 7) is 0.385. The third-order valence-electron chi connectivity index (χ3n) is 3.39. The van der Waals surface area contributed by atoms with Crippen LogP contribution in [0.3, 0.4) is 0 Å². The molecule has 22 heavy (non-hydrogen) atoms. The molecule has 0 saturated carbocycles. The van der Waals surface area contributed by atoms with Crippen molar-refractivity contribution in [3.8, 4) is 5.88 Å². The molecule has 1 N–H and O–H groups in total. The third-order valence-corrected chi connectivity index (χ3v) is 3.39. The smallest absolute Gasteiger partial charge is 0.341 e. The molecule has 0 radical (unpaired) electrons. The fraction of sp³-hybridized carbons (Fsp3) is 0.111. The Balaban J connectivity index is 1.82. The molecule has 0 aliphatic heterocycles. The Labute approximate surface area is 128 Å². The Kier molecular flexibility index (Phi) is 4.01. The third kappa shape index (κ3) is 3.06. The van der Waals surface area contributed by atoms with E-state index in [0.717, 1.165) is 16.5 Å². The molecule has 2 aromatic carbocycles. The number of para-hydroxylation sites is 1. The summed E-state index contributed by atoms with van der Waals surface area (Å²) in [5.41, 5.74) is 1.95. The average molecular weight is 293 g/mol. The van der Waals surface area contributed by atoms with E-state index in [1.165, 1.54) is 0 Å². The Bertz CT molecular complexity index is 800. The van der Waals surface area contributed by atoms with E-state index in [0.29, 0.717) is 13.0 Å². The summed E-state index contributed by atoms with van der Waals surface area (Å²) in [7, 11) is 0. The highest BCUT2D eigenvalue weighted by molar-refractivity contribution is 5.95. The van der Waals surface area contributed by atoms with E-state index in [-0.39, 0.29) is 11.4 Å². The molecule has 0 amide bonds. The summed E-state index contributed by atoms with van der Waals surface area (Å²) in [5, 5.41) is 10.1. The number of fused-ring (bicyclic) bond motifs is 1. The first kappa shape index (κ1) is 14.1. The van der Waals surface area contributed by atoms with Crippen molar-refractivity contribution in [2.75, 3.05) is 6.61 Å². The van der Waals surface area contributed by atoms with Crippen molar-refractivity contribution >= 4 is 16.9 Å². The van der Waals surface area contributed by atoms with Crippen molar-refractivity contribution in [1.29, 1.82) is 0 Å². The quantitative estimate of drug-likeness (QED) is 0.781. The van der Waals surface area contributed by atoms with Crippen LogP contribution in [-0.4, -0.2) is 22.7 Å². The Morgan fingerprint density at radius 1 is 1.05 bits per heavy atom. The van der Waals surface area contributed by atoms with Gasteiger partial charge in [0, 0.05) is 11.8 Å². The summed E-state index contributed by atoms with van der Waals surface area (Å²) in [6, 6.07) is 18.9. The van der Waals surface area contributed by atoms with Crippen molar-refractivity contribution in [1.82, 2.24) is 4.98 Å². The van der Waals surface area contributed by atoms with Gasteiger partial charge in [-0.1, -0.05) is 48.5 Å². The minimum Gasteiger partial charge on any atom is -0.477 e. The van der Waals surface area contributed by atoms with E-state index in [9.17, 15) is 9.90 Å². The van der Waals surface area contributed by atoms with Gasteiger partial charge in [-0.2, -0.15) is 0 Å². The van der Waals surface area contributed by atoms with Crippen LogP contribution < -0.4 is 4.74 Å². The number of rotatable bonds is 5. The summed E-state index contributed by atoms with van der Waals surface area (Å²) in [4.78, 5) is 15.7. The highest BCUT2D eigenvalue weighted by Crippen LogP contribution is 2.22. The van der Waals surface area contributed by atoms with Gasteiger partial charge in [-0.05, 0) is 17.7 Å². The number of aromatic carboxylic acids is 1. The van der Waals surface area contributed by atoms with E-state index in [2.05, 4.69) is 4.98 Å². The second kappa shape index (κ2) is 6.26. The van der Waals surface area contributed by atoms with E-state index in [4.69, 9.17) is 4.74 Å². The topological polar surface area (TPSA) is 59.4 Å². The van der Waals surface area contributed by atoms with Gasteiger partial charge in [0.1, 0.15) is 5.56 Å². The van der Waals surface area contributed by atoms with Crippen LogP contribution in [0.1, 0.15) is 15.9 Å². The number of nitrogens with zero attached hydrogens (tertiary/aromatic N) is 1. The lowest BCUT2D eigenvalue weighted by Crippen LogP contribution is -2.08. The molecule has 3 aromatic rings. The van der Waals surface area contributed by atoms with Crippen LogP contribution in [0.15, 0.2) is 60.7 Å². The zero-order valence-electron chi connectivity index (χ0n) is 11.9. The number of carboxylic acids is 1. The molecule has 0 atom stereocenters. The second-order valence-electron chi connectivity index (χ2n) is 4.92. The number of benzene rings is 2. The van der Waals surface area contributed by atoms with E-state index in [1.807, 2.05) is 54.6 Å². The van der Waals surface area contributed by atoms with E-state index >= 15 is 0 Å². The molecule has 0 aliphatic carbocycles. The maximum Gasteiger partial charge on any atom is 0.341 e. The van der Waals surface area contributed by atoms with Gasteiger partial charge in [0.05, 0.1) is 12.1 Å². The largest absolute Gasteiger partial charge is 0.477 e. The number of carboxylic acid groups (broad SMARTS) is 1. The van der Waals surface area contributed by atoms with Crippen molar-refractivity contribution in [3.63, 3.8) is 0 Å². The second-order valence-corrected chi connectivity index (χ2v) is 4.92. The number of hydrogen-bond acceptors (Lipinski definition) is 3. The van der Waals surface area contributed by atoms with Gasteiger partial charge < -0.3 is 9.84 Å². The minimum absolute atomic E-state index is 0.0896. The zero-order valence-corrected chi connectivity index (χ0v) is 11.9. The molecule has 0 unspecified atom stereocenters. The molecule has 0 bridgehead atoms. The van der Waals surface area contributed by atoms with Crippen LogP contribution in [0, 0.1) is 0 Å². The Morgan fingerprint density at radius 2 is 1.77 bits per heavy atom. The number of carbonyl (C=O) groups is 1. The normalized spacial score (nSPS) is 10.5. The molecule has 1 aromatic heterocycles. The molecule has 4 heteroatoms. The minimum atomic E-state index is -1.03. The standard InChI is InChI=1S/C18H15NO3/c20-18(21)15-12-14-8-4-5-9-16(14)19-17(15)22-11-10-13-6-2-1-3-7-13/h1-9,12H,10-11H2,(H,20,21). The SMILES string of the molecule is O=C(O)c1cc2ccccc2nc1OCCc1ccccc1. The lowest BCUT2D eigenvalue weighted by atomic mass is 10.1. The molecular weight excluding hydrogens is 278 g/mol. The van der Waals surface area contributed by atoms with Crippen LogP contribution in [0.25, 0.3) is 10.9 Å². The van der Waals surface area contributed by atoms with Crippen molar-refractivity contribution in [2.24, 2.45) is 0 Å². The van der Waals surface area contributed by atoms with Gasteiger partial charge in [0.2, 0.25) is 5.88 Å². The van der Waals surface area contributed by atoms with E-state index < -0.39 is 5.97 Å². The molecule has 4 nitrogen and oxygen atoms in total.